The number of nitrogens with one attached hydrogen (secondary N) is 1. The van der Waals surface area contributed by atoms with Crippen molar-refractivity contribution in [2.45, 2.75) is 67.0 Å². The molecule has 1 saturated heterocycles. The van der Waals surface area contributed by atoms with Crippen molar-refractivity contribution in [2.75, 3.05) is 6.54 Å². The number of rotatable bonds is 1. The molecular weight excluding hydrogens is 252 g/mol. The molecule has 114 valence electrons. The lowest BCUT2D eigenvalue weighted by molar-refractivity contribution is -0.137. The van der Waals surface area contributed by atoms with E-state index in [1.807, 2.05) is 25.7 Å². The topological polar surface area (TPSA) is 49.4 Å². The van der Waals surface area contributed by atoms with Crippen LogP contribution in [0.1, 0.15) is 54.9 Å². The van der Waals surface area contributed by atoms with Crippen LogP contribution in [0.4, 0.5) is 0 Å². The average molecular weight is 280 g/mol. The van der Waals surface area contributed by atoms with Crippen LogP contribution >= 0.6 is 0 Å². The third kappa shape index (κ3) is 2.13. The number of nitrogens with zero attached hydrogens (tertiary/aromatic N) is 1. The molecule has 0 aromatic rings. The summed E-state index contributed by atoms with van der Waals surface area (Å²) in [6, 6.07) is -0.204. The molecule has 1 unspecified atom stereocenters. The highest BCUT2D eigenvalue weighted by Gasteiger charge is 2.68. The normalized spacial score (nSPS) is 29.9. The Balaban J connectivity index is 2.31. The number of carbonyl (C=O) groups is 2. The van der Waals surface area contributed by atoms with E-state index in [1.165, 1.54) is 0 Å². The summed E-state index contributed by atoms with van der Waals surface area (Å²) >= 11 is 0. The second-order valence-corrected chi connectivity index (χ2v) is 8.49. The molecule has 1 atom stereocenters. The van der Waals surface area contributed by atoms with Gasteiger partial charge in [-0.25, -0.2) is 0 Å². The van der Waals surface area contributed by atoms with Crippen LogP contribution < -0.4 is 5.32 Å². The quantitative estimate of drug-likeness (QED) is 0.800. The largest absolute Gasteiger partial charge is 0.344 e. The molecule has 0 radical (unpaired) electrons. The molecule has 0 aromatic carbocycles. The summed E-state index contributed by atoms with van der Waals surface area (Å²) in [5, 5.41) is 2.91. The fourth-order valence-electron chi connectivity index (χ4n) is 3.58. The van der Waals surface area contributed by atoms with E-state index in [2.05, 4.69) is 33.0 Å². The summed E-state index contributed by atoms with van der Waals surface area (Å²) < 4.78 is 0. The van der Waals surface area contributed by atoms with Crippen LogP contribution in [0.3, 0.4) is 0 Å². The average Bonchev–Trinajstić information content (AvgIpc) is 2.72. The van der Waals surface area contributed by atoms with Crippen LogP contribution in [0.15, 0.2) is 0 Å². The van der Waals surface area contributed by atoms with Crippen molar-refractivity contribution < 1.29 is 9.59 Å². The van der Waals surface area contributed by atoms with Crippen molar-refractivity contribution in [1.82, 2.24) is 10.2 Å². The van der Waals surface area contributed by atoms with Gasteiger partial charge in [-0.15, -0.1) is 0 Å². The number of carbonyl (C=O) groups excluding carboxylic acids is 2. The number of amides is 2. The molecule has 2 amide bonds. The van der Waals surface area contributed by atoms with E-state index in [4.69, 9.17) is 0 Å². The standard InChI is InChI=1S/C16H28N2O2/c1-14(2,3)11-12(20)18(9-8-10(19)17-11)13-15(4,5)16(13,6)7/h11,13H,8-9H2,1-7H3,(H,17,19). The molecule has 1 saturated carbocycles. The molecule has 4 nitrogen and oxygen atoms in total. The van der Waals surface area contributed by atoms with Gasteiger partial charge in [0.05, 0.1) is 0 Å². The first kappa shape index (κ1) is 15.3. The Labute approximate surface area is 122 Å². The molecule has 4 heteroatoms. The molecule has 2 rings (SSSR count). The Kier molecular flexibility index (Phi) is 3.23. The fourth-order valence-corrected chi connectivity index (χ4v) is 3.58. The van der Waals surface area contributed by atoms with Crippen LogP contribution in [0.5, 0.6) is 0 Å². The van der Waals surface area contributed by atoms with Crippen LogP contribution in [0, 0.1) is 16.2 Å². The smallest absolute Gasteiger partial charge is 0.245 e. The van der Waals surface area contributed by atoms with E-state index < -0.39 is 6.04 Å². The van der Waals surface area contributed by atoms with Gasteiger partial charge in [0.25, 0.3) is 0 Å². The Morgan fingerprint density at radius 2 is 1.60 bits per heavy atom. The van der Waals surface area contributed by atoms with E-state index in [-0.39, 0.29) is 34.1 Å². The van der Waals surface area contributed by atoms with Gasteiger partial charge in [-0.2, -0.15) is 0 Å². The van der Waals surface area contributed by atoms with Gasteiger partial charge in [0.2, 0.25) is 11.8 Å². The summed E-state index contributed by atoms with van der Waals surface area (Å²) in [5.74, 6) is 0.0593. The molecule has 1 aliphatic heterocycles. The zero-order valence-electron chi connectivity index (χ0n) is 13.8. The van der Waals surface area contributed by atoms with Gasteiger partial charge >= 0.3 is 0 Å². The van der Waals surface area contributed by atoms with Gasteiger partial charge in [0, 0.05) is 19.0 Å². The molecule has 0 aromatic heterocycles. The zero-order chi connectivity index (χ0) is 15.5. The summed E-state index contributed by atoms with van der Waals surface area (Å²) in [6.45, 7) is 15.4. The zero-order valence-corrected chi connectivity index (χ0v) is 13.8. The van der Waals surface area contributed by atoms with Gasteiger partial charge in [-0.3, -0.25) is 9.59 Å². The number of hydrogen-bond acceptors (Lipinski definition) is 2. The van der Waals surface area contributed by atoms with Gasteiger partial charge < -0.3 is 10.2 Å². The summed E-state index contributed by atoms with van der Waals surface area (Å²) in [5.41, 5.74) is -0.0462. The minimum Gasteiger partial charge on any atom is -0.344 e. The van der Waals surface area contributed by atoms with E-state index in [9.17, 15) is 9.59 Å². The van der Waals surface area contributed by atoms with E-state index >= 15 is 0 Å². The predicted octanol–water partition coefficient (Wildman–Crippen LogP) is 2.18. The third-order valence-corrected chi connectivity index (χ3v) is 5.54. The molecule has 0 bridgehead atoms. The molecule has 0 spiro atoms. The Morgan fingerprint density at radius 1 is 1.10 bits per heavy atom. The van der Waals surface area contributed by atoms with Crippen molar-refractivity contribution in [3.63, 3.8) is 0 Å². The monoisotopic (exact) mass is 280 g/mol. The second kappa shape index (κ2) is 4.22. The van der Waals surface area contributed by atoms with Crippen LogP contribution in [0.2, 0.25) is 0 Å². The van der Waals surface area contributed by atoms with Crippen LogP contribution in [-0.4, -0.2) is 35.3 Å². The van der Waals surface area contributed by atoms with E-state index in [0.717, 1.165) is 0 Å². The minimum atomic E-state index is -0.426. The summed E-state index contributed by atoms with van der Waals surface area (Å²) in [7, 11) is 0. The maximum Gasteiger partial charge on any atom is 0.245 e. The molecule has 2 fully saturated rings. The molecule has 1 aliphatic carbocycles. The fraction of sp³-hybridized carbons (Fsp3) is 0.875. The second-order valence-electron chi connectivity index (χ2n) is 8.49. The molecule has 1 N–H and O–H groups in total. The van der Waals surface area contributed by atoms with Gasteiger partial charge in [-0.05, 0) is 16.2 Å². The van der Waals surface area contributed by atoms with Gasteiger partial charge in [0.1, 0.15) is 6.04 Å². The van der Waals surface area contributed by atoms with Crippen molar-refractivity contribution in [3.8, 4) is 0 Å². The van der Waals surface area contributed by atoms with Crippen molar-refractivity contribution in [2.24, 2.45) is 16.2 Å². The SMILES string of the molecule is CC(C)(C)C1NC(=O)CCN(C2C(C)(C)C2(C)C)C1=O. The molecule has 2 aliphatic rings. The highest BCUT2D eigenvalue weighted by molar-refractivity contribution is 5.91. The highest BCUT2D eigenvalue weighted by atomic mass is 16.2. The lowest BCUT2D eigenvalue weighted by Gasteiger charge is -2.33. The lowest BCUT2D eigenvalue weighted by Crippen LogP contribution is -2.53. The number of hydrogen-bond donors (Lipinski definition) is 1. The van der Waals surface area contributed by atoms with Crippen molar-refractivity contribution >= 4 is 11.8 Å². The van der Waals surface area contributed by atoms with Crippen molar-refractivity contribution in [1.29, 1.82) is 0 Å². The minimum absolute atomic E-state index is 0.0166. The maximum atomic E-state index is 12.9. The van der Waals surface area contributed by atoms with Crippen LogP contribution in [0.25, 0.3) is 0 Å². The first-order valence-electron chi connectivity index (χ1n) is 7.50. The van der Waals surface area contributed by atoms with Gasteiger partial charge in [0.15, 0.2) is 0 Å². The lowest BCUT2D eigenvalue weighted by atomic mass is 9.86. The Bertz CT molecular complexity index is 432. The van der Waals surface area contributed by atoms with E-state index in [1.54, 1.807) is 0 Å². The molecular formula is C16H28N2O2. The van der Waals surface area contributed by atoms with Crippen molar-refractivity contribution in [3.05, 3.63) is 0 Å². The summed E-state index contributed by atoms with van der Waals surface area (Å²) in [4.78, 5) is 26.8. The predicted molar refractivity (Wildman–Crippen MR) is 79.1 cm³/mol. The van der Waals surface area contributed by atoms with Gasteiger partial charge in [-0.1, -0.05) is 48.5 Å². The third-order valence-electron chi connectivity index (χ3n) is 5.54. The Morgan fingerprint density at radius 3 is 2.00 bits per heavy atom. The molecule has 20 heavy (non-hydrogen) atoms. The first-order chi connectivity index (χ1) is 8.90. The van der Waals surface area contributed by atoms with E-state index in [0.29, 0.717) is 13.0 Å². The summed E-state index contributed by atoms with van der Waals surface area (Å²) in [6.07, 6.45) is 0.404. The Hall–Kier alpha value is -1.06. The van der Waals surface area contributed by atoms with Crippen LogP contribution in [-0.2, 0) is 9.59 Å². The molecule has 1 heterocycles. The highest BCUT2D eigenvalue weighted by Crippen LogP contribution is 2.65. The first-order valence-corrected chi connectivity index (χ1v) is 7.50. The maximum absolute atomic E-state index is 12.9.